The molecule has 186 valence electrons. The molecule has 0 radical (unpaired) electrons. The van der Waals surface area contributed by atoms with E-state index in [0.29, 0.717) is 29.9 Å². The van der Waals surface area contributed by atoms with E-state index < -0.39 is 5.60 Å². The van der Waals surface area contributed by atoms with Crippen molar-refractivity contribution in [3.8, 4) is 6.07 Å². The molecule has 4 aliphatic carbocycles. The van der Waals surface area contributed by atoms with Gasteiger partial charge in [0, 0.05) is 18.8 Å². The minimum Gasteiger partial charge on any atom is -0.387 e. The predicted octanol–water partition coefficient (Wildman–Crippen LogP) is 6.40. The smallest absolute Gasteiger partial charge is 0.0992 e. The molecule has 1 aromatic carbocycles. The third-order valence-electron chi connectivity index (χ3n) is 10.9. The van der Waals surface area contributed by atoms with Crippen LogP contribution in [0.5, 0.6) is 0 Å². The van der Waals surface area contributed by atoms with Gasteiger partial charge in [0.05, 0.1) is 23.8 Å². The van der Waals surface area contributed by atoms with Crippen molar-refractivity contribution in [3.05, 3.63) is 29.8 Å². The van der Waals surface area contributed by atoms with Gasteiger partial charge in [-0.15, -0.1) is 0 Å². The standard InChI is InChI=1S/C30H44N2O2/c1-4-28(32-22-7-5-6-20(16-22)18-31)27-11-10-26-25-9-8-21-17-30(33,19-34-3)15-13-23(21)24(25)12-14-29(26,27)2/h5-7,16,21,23-28,32-33H,4,8-15,17,19H2,1-3H3/t21-,23+,24-,25-,26+,27?,28+,29+,30-/m1/s1. The number of fused-ring (bicyclic) bond motifs is 5. The molecule has 1 aromatic rings. The lowest BCUT2D eigenvalue weighted by atomic mass is 9.48. The number of methoxy groups -OCH3 is 1. The Bertz CT molecular complexity index is 911. The van der Waals surface area contributed by atoms with Gasteiger partial charge in [0.2, 0.25) is 0 Å². The maximum absolute atomic E-state index is 11.0. The summed E-state index contributed by atoms with van der Waals surface area (Å²) in [6.07, 6.45) is 12.3. The highest BCUT2D eigenvalue weighted by Gasteiger charge is 2.58. The number of ether oxygens (including phenoxy) is 1. The average molecular weight is 465 g/mol. The van der Waals surface area contributed by atoms with Crippen molar-refractivity contribution in [3.63, 3.8) is 0 Å². The summed E-state index contributed by atoms with van der Waals surface area (Å²) in [5.41, 5.74) is 1.66. The Morgan fingerprint density at radius 3 is 2.71 bits per heavy atom. The first-order valence-corrected chi connectivity index (χ1v) is 13.9. The molecule has 0 aliphatic heterocycles. The van der Waals surface area contributed by atoms with Crippen LogP contribution in [-0.4, -0.2) is 30.5 Å². The molecule has 0 saturated heterocycles. The first-order chi connectivity index (χ1) is 16.4. The Morgan fingerprint density at radius 1 is 1.12 bits per heavy atom. The van der Waals surface area contributed by atoms with E-state index >= 15 is 0 Å². The van der Waals surface area contributed by atoms with Crippen molar-refractivity contribution >= 4 is 5.69 Å². The molecule has 4 fully saturated rings. The second kappa shape index (κ2) is 9.47. The van der Waals surface area contributed by atoms with Gasteiger partial charge in [-0.3, -0.25) is 0 Å². The van der Waals surface area contributed by atoms with Gasteiger partial charge in [-0.25, -0.2) is 0 Å². The molecule has 34 heavy (non-hydrogen) atoms. The molecule has 0 aromatic heterocycles. The molecule has 9 atom stereocenters. The van der Waals surface area contributed by atoms with Crippen LogP contribution in [0.4, 0.5) is 5.69 Å². The van der Waals surface area contributed by atoms with Gasteiger partial charge >= 0.3 is 0 Å². The molecule has 4 heteroatoms. The SMILES string of the molecule is CC[C@H](Nc1cccc(C#N)c1)C1CC[C@H]2[C@@H]3CC[C@@H]4C[C@@](O)(COC)CC[C@@H]4[C@H]3CC[C@]12C. The van der Waals surface area contributed by atoms with Crippen LogP contribution >= 0.6 is 0 Å². The van der Waals surface area contributed by atoms with Crippen LogP contribution in [0.25, 0.3) is 0 Å². The van der Waals surface area contributed by atoms with Crippen LogP contribution in [0.15, 0.2) is 24.3 Å². The molecule has 0 spiro atoms. The monoisotopic (exact) mass is 464 g/mol. The van der Waals surface area contributed by atoms with Gasteiger partial charge < -0.3 is 15.2 Å². The number of rotatable bonds is 6. The lowest BCUT2D eigenvalue weighted by molar-refractivity contribution is -0.124. The molecule has 4 aliphatic rings. The highest BCUT2D eigenvalue weighted by atomic mass is 16.5. The van der Waals surface area contributed by atoms with Crippen LogP contribution in [0.2, 0.25) is 0 Å². The van der Waals surface area contributed by atoms with Crippen molar-refractivity contribution in [2.24, 2.45) is 40.9 Å². The summed E-state index contributed by atoms with van der Waals surface area (Å²) in [5, 5.41) is 24.2. The van der Waals surface area contributed by atoms with E-state index in [1.807, 2.05) is 18.2 Å². The van der Waals surface area contributed by atoms with Crippen LogP contribution in [0, 0.1) is 52.3 Å². The first-order valence-electron chi connectivity index (χ1n) is 13.9. The number of hydrogen-bond donors (Lipinski definition) is 2. The first kappa shape index (κ1) is 24.1. The molecule has 4 nitrogen and oxygen atoms in total. The molecule has 0 heterocycles. The number of hydrogen-bond acceptors (Lipinski definition) is 4. The van der Waals surface area contributed by atoms with Gasteiger partial charge in [0.1, 0.15) is 0 Å². The third-order valence-corrected chi connectivity index (χ3v) is 10.9. The molecule has 5 rings (SSSR count). The van der Waals surface area contributed by atoms with Crippen molar-refractivity contribution in [2.45, 2.75) is 89.7 Å². The summed E-state index contributed by atoms with van der Waals surface area (Å²) in [6.45, 7) is 5.43. The van der Waals surface area contributed by atoms with Crippen molar-refractivity contribution in [1.29, 1.82) is 5.26 Å². The van der Waals surface area contributed by atoms with Gasteiger partial charge in [-0.1, -0.05) is 19.9 Å². The molecule has 2 N–H and O–H groups in total. The summed E-state index contributed by atoms with van der Waals surface area (Å²) < 4.78 is 5.37. The van der Waals surface area contributed by atoms with Crippen LogP contribution < -0.4 is 5.32 Å². The van der Waals surface area contributed by atoms with Crippen LogP contribution in [0.3, 0.4) is 0 Å². The number of anilines is 1. The number of nitriles is 1. The maximum atomic E-state index is 11.0. The fraction of sp³-hybridized carbons (Fsp3) is 0.767. The lowest BCUT2D eigenvalue weighted by Crippen LogP contribution is -2.52. The summed E-state index contributed by atoms with van der Waals surface area (Å²) >= 11 is 0. The zero-order valence-electron chi connectivity index (χ0n) is 21.4. The lowest BCUT2D eigenvalue weighted by Gasteiger charge is -2.57. The summed E-state index contributed by atoms with van der Waals surface area (Å²) in [7, 11) is 1.72. The summed E-state index contributed by atoms with van der Waals surface area (Å²) in [6, 6.07) is 10.8. The van der Waals surface area contributed by atoms with E-state index in [1.54, 1.807) is 7.11 Å². The number of benzene rings is 1. The third kappa shape index (κ3) is 4.18. The fourth-order valence-electron chi connectivity index (χ4n) is 9.44. The Kier molecular flexibility index (Phi) is 6.73. The second-order valence-electron chi connectivity index (χ2n) is 12.4. The molecule has 4 saturated carbocycles. The molecular formula is C30H44N2O2. The predicted molar refractivity (Wildman–Crippen MR) is 136 cm³/mol. The Balaban J connectivity index is 1.30. The van der Waals surface area contributed by atoms with Crippen molar-refractivity contribution in [1.82, 2.24) is 0 Å². The van der Waals surface area contributed by atoms with Gasteiger partial charge in [0.15, 0.2) is 0 Å². The van der Waals surface area contributed by atoms with Crippen molar-refractivity contribution < 1.29 is 9.84 Å². The van der Waals surface area contributed by atoms with E-state index in [1.165, 1.54) is 44.9 Å². The van der Waals surface area contributed by atoms with Crippen molar-refractivity contribution in [2.75, 3.05) is 19.0 Å². The van der Waals surface area contributed by atoms with E-state index in [0.717, 1.165) is 54.2 Å². The van der Waals surface area contributed by atoms with E-state index in [4.69, 9.17) is 4.74 Å². The maximum Gasteiger partial charge on any atom is 0.0992 e. The largest absolute Gasteiger partial charge is 0.387 e. The van der Waals surface area contributed by atoms with Crippen LogP contribution in [0.1, 0.15) is 83.6 Å². The van der Waals surface area contributed by atoms with E-state index in [-0.39, 0.29) is 0 Å². The quantitative estimate of drug-likeness (QED) is 0.511. The minimum absolute atomic E-state index is 0.417. The Labute approximate surface area is 206 Å². The molecule has 0 bridgehead atoms. The van der Waals surface area contributed by atoms with Gasteiger partial charge in [-0.05, 0) is 123 Å². The Hall–Kier alpha value is -1.57. The van der Waals surface area contributed by atoms with Gasteiger partial charge in [-0.2, -0.15) is 5.26 Å². The van der Waals surface area contributed by atoms with E-state index in [9.17, 15) is 10.4 Å². The van der Waals surface area contributed by atoms with Crippen LogP contribution in [-0.2, 0) is 4.74 Å². The summed E-state index contributed by atoms with van der Waals surface area (Å²) in [4.78, 5) is 0. The number of nitrogens with one attached hydrogen (secondary N) is 1. The zero-order valence-corrected chi connectivity index (χ0v) is 21.4. The molecule has 1 unspecified atom stereocenters. The fourth-order valence-corrected chi connectivity index (χ4v) is 9.44. The van der Waals surface area contributed by atoms with Gasteiger partial charge in [0.25, 0.3) is 0 Å². The highest BCUT2D eigenvalue weighted by molar-refractivity contribution is 5.50. The number of nitrogens with zero attached hydrogens (tertiary/aromatic N) is 1. The normalized spacial score (nSPS) is 42.1. The van der Waals surface area contributed by atoms with E-state index in [2.05, 4.69) is 31.3 Å². The highest BCUT2D eigenvalue weighted by Crippen LogP contribution is 2.65. The summed E-state index contributed by atoms with van der Waals surface area (Å²) in [5.74, 6) is 4.78. The Morgan fingerprint density at radius 2 is 1.94 bits per heavy atom. The molecule has 0 amide bonds. The average Bonchev–Trinajstić information content (AvgIpc) is 3.19. The molecular weight excluding hydrogens is 420 g/mol. The topological polar surface area (TPSA) is 65.3 Å². The number of aliphatic hydroxyl groups is 1. The minimum atomic E-state index is -0.590. The second-order valence-corrected chi connectivity index (χ2v) is 12.4. The zero-order chi connectivity index (χ0) is 23.9.